The maximum absolute atomic E-state index is 5.26. The van der Waals surface area contributed by atoms with Crippen molar-refractivity contribution < 1.29 is 0 Å². The number of nitrogens with zero attached hydrogens (tertiary/aromatic N) is 3. The molecule has 0 saturated carbocycles. The van der Waals surface area contributed by atoms with Crippen molar-refractivity contribution in [3.8, 4) is 45.0 Å². The minimum atomic E-state index is 0.713. The van der Waals surface area contributed by atoms with E-state index in [1.807, 2.05) is 35.6 Å². The lowest BCUT2D eigenvalue weighted by atomic mass is 9.94. The first-order valence-electron chi connectivity index (χ1n) is 15.0. The minimum absolute atomic E-state index is 0.713. The average molecular weight is 592 g/mol. The van der Waals surface area contributed by atoms with Gasteiger partial charge in [-0.15, -0.1) is 11.3 Å². The summed E-state index contributed by atoms with van der Waals surface area (Å²) in [6.07, 6.45) is 0. The van der Waals surface area contributed by atoms with E-state index in [0.717, 1.165) is 44.7 Å². The molecule has 0 aliphatic rings. The van der Waals surface area contributed by atoms with Crippen molar-refractivity contribution in [2.45, 2.75) is 0 Å². The molecule has 3 heterocycles. The molecule has 3 nitrogen and oxygen atoms in total. The van der Waals surface area contributed by atoms with E-state index in [1.165, 1.54) is 36.5 Å². The number of hydrogen-bond acceptors (Lipinski definition) is 4. The van der Waals surface area contributed by atoms with E-state index in [2.05, 4.69) is 127 Å². The van der Waals surface area contributed by atoms with Crippen molar-refractivity contribution in [1.29, 1.82) is 0 Å². The van der Waals surface area contributed by atoms with Gasteiger partial charge in [0, 0.05) is 37.7 Å². The Kier molecular flexibility index (Phi) is 6.00. The van der Waals surface area contributed by atoms with E-state index in [1.54, 1.807) is 0 Å². The van der Waals surface area contributed by atoms with Crippen LogP contribution in [0.2, 0.25) is 0 Å². The van der Waals surface area contributed by atoms with Gasteiger partial charge in [-0.05, 0) is 40.6 Å². The maximum Gasteiger partial charge on any atom is 0.160 e. The molecule has 0 unspecified atom stereocenters. The van der Waals surface area contributed by atoms with Crippen LogP contribution in [0.1, 0.15) is 0 Å². The largest absolute Gasteiger partial charge is 0.246 e. The predicted octanol–water partition coefficient (Wildman–Crippen LogP) is 11.2. The molecular formula is C41H25N3S. The first-order chi connectivity index (χ1) is 22.3. The zero-order valence-corrected chi connectivity index (χ0v) is 25.0. The lowest BCUT2D eigenvalue weighted by Crippen LogP contribution is -1.96. The van der Waals surface area contributed by atoms with Crippen LogP contribution in [0.3, 0.4) is 0 Å². The summed E-state index contributed by atoms with van der Waals surface area (Å²) >= 11 is 1.82. The van der Waals surface area contributed by atoms with Crippen LogP contribution in [0.4, 0.5) is 0 Å². The monoisotopic (exact) mass is 591 g/mol. The highest BCUT2D eigenvalue weighted by atomic mass is 32.1. The third kappa shape index (κ3) is 4.38. The van der Waals surface area contributed by atoms with Crippen LogP contribution >= 0.6 is 11.3 Å². The summed E-state index contributed by atoms with van der Waals surface area (Å²) in [6, 6.07) is 53.0. The SMILES string of the molecule is c1ccc(-c2cc(-c3cccc(-c4c5sc6ccccc6c5nc5ccc6ccccc6c45)c3)nc(-c3ccccc3)n2)cc1. The zero-order valence-electron chi connectivity index (χ0n) is 24.2. The molecule has 210 valence electrons. The van der Waals surface area contributed by atoms with Gasteiger partial charge >= 0.3 is 0 Å². The Labute approximate surface area is 264 Å². The molecule has 0 saturated heterocycles. The van der Waals surface area contributed by atoms with Gasteiger partial charge < -0.3 is 0 Å². The van der Waals surface area contributed by atoms with Crippen LogP contribution in [0.5, 0.6) is 0 Å². The molecule has 0 fully saturated rings. The van der Waals surface area contributed by atoms with Crippen molar-refractivity contribution >= 4 is 53.3 Å². The second-order valence-corrected chi connectivity index (χ2v) is 12.3. The van der Waals surface area contributed by atoms with Crippen LogP contribution in [0.15, 0.2) is 152 Å². The van der Waals surface area contributed by atoms with Gasteiger partial charge in [-0.3, -0.25) is 0 Å². The smallest absolute Gasteiger partial charge is 0.160 e. The fourth-order valence-corrected chi connectivity index (χ4v) is 7.56. The van der Waals surface area contributed by atoms with Gasteiger partial charge in [-0.1, -0.05) is 127 Å². The summed E-state index contributed by atoms with van der Waals surface area (Å²) < 4.78 is 2.45. The van der Waals surface area contributed by atoms with Gasteiger partial charge in [0.05, 0.1) is 27.1 Å². The topological polar surface area (TPSA) is 38.7 Å². The van der Waals surface area contributed by atoms with E-state index in [0.29, 0.717) is 5.82 Å². The minimum Gasteiger partial charge on any atom is -0.246 e. The average Bonchev–Trinajstić information content (AvgIpc) is 3.49. The molecule has 0 bridgehead atoms. The van der Waals surface area contributed by atoms with Gasteiger partial charge in [-0.2, -0.15) is 0 Å². The quantitative estimate of drug-likeness (QED) is 0.191. The molecule has 3 aromatic heterocycles. The normalized spacial score (nSPS) is 11.6. The van der Waals surface area contributed by atoms with E-state index in [4.69, 9.17) is 15.0 Å². The summed E-state index contributed by atoms with van der Waals surface area (Å²) in [4.78, 5) is 15.4. The Balaban J connectivity index is 1.33. The highest BCUT2D eigenvalue weighted by Gasteiger charge is 2.19. The summed E-state index contributed by atoms with van der Waals surface area (Å²) in [5.74, 6) is 0.713. The second-order valence-electron chi connectivity index (χ2n) is 11.2. The number of fused-ring (bicyclic) bond motifs is 6. The molecule has 0 atom stereocenters. The van der Waals surface area contributed by atoms with Crippen molar-refractivity contribution in [2.24, 2.45) is 0 Å². The predicted molar refractivity (Wildman–Crippen MR) is 189 cm³/mol. The molecule has 0 spiro atoms. The van der Waals surface area contributed by atoms with Crippen molar-refractivity contribution in [3.63, 3.8) is 0 Å². The van der Waals surface area contributed by atoms with E-state index in [-0.39, 0.29) is 0 Å². The number of rotatable bonds is 4. The molecule has 45 heavy (non-hydrogen) atoms. The van der Waals surface area contributed by atoms with Gasteiger partial charge in [0.15, 0.2) is 5.82 Å². The molecular weight excluding hydrogens is 567 g/mol. The number of pyridine rings is 1. The van der Waals surface area contributed by atoms with E-state index in [9.17, 15) is 0 Å². The molecule has 6 aromatic carbocycles. The molecule has 0 amide bonds. The van der Waals surface area contributed by atoms with Crippen LogP contribution in [-0.4, -0.2) is 15.0 Å². The summed E-state index contributed by atoms with van der Waals surface area (Å²) in [5.41, 5.74) is 9.31. The number of benzene rings is 6. The Bertz CT molecular complexity index is 2480. The van der Waals surface area contributed by atoms with Gasteiger partial charge in [0.1, 0.15) is 0 Å². The lowest BCUT2D eigenvalue weighted by Gasteiger charge is -2.14. The van der Waals surface area contributed by atoms with E-state index >= 15 is 0 Å². The fraction of sp³-hybridized carbons (Fsp3) is 0. The van der Waals surface area contributed by atoms with Crippen LogP contribution in [0.25, 0.3) is 87.0 Å². The van der Waals surface area contributed by atoms with E-state index < -0.39 is 0 Å². The molecule has 0 aliphatic carbocycles. The highest BCUT2D eigenvalue weighted by molar-refractivity contribution is 7.26. The van der Waals surface area contributed by atoms with Crippen LogP contribution in [-0.2, 0) is 0 Å². The number of hydrogen-bond donors (Lipinski definition) is 0. The van der Waals surface area contributed by atoms with Crippen molar-refractivity contribution in [3.05, 3.63) is 152 Å². The molecule has 9 aromatic rings. The first kappa shape index (κ1) is 25.8. The summed E-state index contributed by atoms with van der Waals surface area (Å²) in [6.45, 7) is 0. The Hall–Kier alpha value is -5.71. The van der Waals surface area contributed by atoms with Crippen LogP contribution < -0.4 is 0 Å². The first-order valence-corrected chi connectivity index (χ1v) is 15.9. The number of aromatic nitrogens is 3. The third-order valence-electron chi connectivity index (χ3n) is 8.46. The third-order valence-corrected chi connectivity index (χ3v) is 9.64. The second kappa shape index (κ2) is 10.5. The Morgan fingerprint density at radius 1 is 0.444 bits per heavy atom. The molecule has 4 heteroatoms. The fourth-order valence-electron chi connectivity index (χ4n) is 6.34. The van der Waals surface area contributed by atoms with Crippen LogP contribution in [0, 0.1) is 0 Å². The summed E-state index contributed by atoms with van der Waals surface area (Å²) in [5, 5.41) is 4.80. The summed E-state index contributed by atoms with van der Waals surface area (Å²) in [7, 11) is 0. The standard InChI is InChI=1S/C41H25N3S/c1-3-13-27(14-4-1)34-25-35(44-41(43-34)28-15-5-2-6-16-28)29-17-11-18-30(24-29)37-38-31-19-8-7-12-26(31)22-23-33(38)42-39-32-20-9-10-21-36(32)45-40(37)39/h1-25H. The maximum atomic E-state index is 5.26. The Morgan fingerprint density at radius 2 is 1.09 bits per heavy atom. The van der Waals surface area contributed by atoms with Gasteiger partial charge in [0.25, 0.3) is 0 Å². The van der Waals surface area contributed by atoms with Crippen molar-refractivity contribution in [1.82, 2.24) is 15.0 Å². The van der Waals surface area contributed by atoms with Crippen molar-refractivity contribution in [2.75, 3.05) is 0 Å². The lowest BCUT2D eigenvalue weighted by molar-refractivity contribution is 1.18. The van der Waals surface area contributed by atoms with Gasteiger partial charge in [-0.25, -0.2) is 15.0 Å². The van der Waals surface area contributed by atoms with Gasteiger partial charge in [0.2, 0.25) is 0 Å². The molecule has 0 N–H and O–H groups in total. The Morgan fingerprint density at radius 3 is 1.91 bits per heavy atom. The number of thiophene rings is 1. The molecule has 9 rings (SSSR count). The molecule has 0 radical (unpaired) electrons. The molecule has 0 aliphatic heterocycles. The zero-order chi connectivity index (χ0) is 29.7. The highest BCUT2D eigenvalue weighted by Crippen LogP contribution is 2.45.